The van der Waals surface area contributed by atoms with Crippen LogP contribution >= 0.6 is 0 Å². The van der Waals surface area contributed by atoms with E-state index in [4.69, 9.17) is 0 Å². The maximum Gasteiger partial charge on any atom is 0.220 e. The normalized spacial score (nSPS) is 24.8. The van der Waals surface area contributed by atoms with Gasteiger partial charge in [0.1, 0.15) is 0 Å². The zero-order valence-corrected chi connectivity index (χ0v) is 22.8. The second-order valence-electron chi connectivity index (χ2n) is 11.1. The topological polar surface area (TPSA) is 92.3 Å². The lowest BCUT2D eigenvalue weighted by Crippen LogP contribution is -2.41. The molecule has 2 N–H and O–H groups in total. The maximum atomic E-state index is 12.9. The van der Waals surface area contributed by atoms with Crippen LogP contribution < -0.4 is 10.6 Å². The Labute approximate surface area is 219 Å². The van der Waals surface area contributed by atoms with Gasteiger partial charge in [0.05, 0.1) is 12.1 Å². The predicted molar refractivity (Wildman–Crippen MR) is 145 cm³/mol. The molecule has 2 amide bonds. The first-order chi connectivity index (χ1) is 17.6. The van der Waals surface area contributed by atoms with Gasteiger partial charge in [-0.2, -0.15) is 0 Å². The predicted octanol–water partition coefficient (Wildman–Crippen LogP) is 6.48. The molecule has 2 unspecified atom stereocenters. The Balaban J connectivity index is 1.76. The summed E-state index contributed by atoms with van der Waals surface area (Å²) in [6.45, 7) is 0. The van der Waals surface area contributed by atoms with Crippen LogP contribution in [0.25, 0.3) is 0 Å². The van der Waals surface area contributed by atoms with Crippen molar-refractivity contribution in [3.8, 4) is 0 Å². The summed E-state index contributed by atoms with van der Waals surface area (Å²) in [4.78, 5) is 50.5. The molecule has 2 saturated heterocycles. The van der Waals surface area contributed by atoms with E-state index >= 15 is 0 Å². The van der Waals surface area contributed by atoms with E-state index in [9.17, 15) is 19.2 Å². The number of ketones is 2. The smallest absolute Gasteiger partial charge is 0.220 e. The molecule has 0 aromatic carbocycles. The molecule has 6 nitrogen and oxygen atoms in total. The highest BCUT2D eigenvalue weighted by molar-refractivity contribution is 5.90. The van der Waals surface area contributed by atoms with Crippen LogP contribution in [-0.4, -0.2) is 35.5 Å². The van der Waals surface area contributed by atoms with E-state index < -0.39 is 0 Å². The fourth-order valence-electron chi connectivity index (χ4n) is 5.50. The number of hydrogen-bond donors (Lipinski definition) is 2. The van der Waals surface area contributed by atoms with Crippen molar-refractivity contribution in [2.75, 3.05) is 0 Å². The summed E-state index contributed by atoms with van der Waals surface area (Å²) in [5.41, 5.74) is 0. The zero-order valence-electron chi connectivity index (χ0n) is 22.8. The number of amides is 2. The summed E-state index contributed by atoms with van der Waals surface area (Å²) in [7, 11) is 0. The third kappa shape index (κ3) is 14.1. The van der Waals surface area contributed by atoms with Crippen LogP contribution in [0.3, 0.4) is 0 Å². The van der Waals surface area contributed by atoms with Gasteiger partial charge in [0.15, 0.2) is 11.6 Å². The monoisotopic (exact) mass is 504 g/mol. The maximum absolute atomic E-state index is 12.9. The molecule has 0 aromatic rings. The molecule has 2 aliphatic heterocycles. The number of carbonyl (C=O) groups excluding carboxylic acids is 4. The first-order valence-corrected chi connectivity index (χ1v) is 15.2. The number of hydrogen-bond acceptors (Lipinski definition) is 4. The highest BCUT2D eigenvalue weighted by atomic mass is 16.2. The minimum absolute atomic E-state index is 0.00303. The molecule has 2 aliphatic rings. The van der Waals surface area contributed by atoms with Crippen molar-refractivity contribution in [1.82, 2.24) is 10.6 Å². The number of nitrogens with one attached hydrogen (secondary N) is 2. The Morgan fingerprint density at radius 1 is 0.500 bits per heavy atom. The summed E-state index contributed by atoms with van der Waals surface area (Å²) in [5, 5.41) is 5.99. The second-order valence-corrected chi connectivity index (χ2v) is 11.1. The summed E-state index contributed by atoms with van der Waals surface area (Å²) in [5.74, 6) is 0.190. The Morgan fingerprint density at radius 2 is 0.806 bits per heavy atom. The van der Waals surface area contributed by atoms with Crippen molar-refractivity contribution in [3.63, 3.8) is 0 Å². The van der Waals surface area contributed by atoms with Gasteiger partial charge in [-0.3, -0.25) is 19.2 Å². The quantitative estimate of drug-likeness (QED) is 0.388. The molecule has 0 saturated carbocycles. The number of Topliss-reactive ketones (excluding diaryl/α,β-unsaturated/α-hetero) is 2. The van der Waals surface area contributed by atoms with E-state index in [0.29, 0.717) is 38.5 Å². The molecule has 206 valence electrons. The summed E-state index contributed by atoms with van der Waals surface area (Å²) >= 11 is 0. The van der Waals surface area contributed by atoms with Crippen molar-refractivity contribution >= 4 is 23.4 Å². The van der Waals surface area contributed by atoms with Crippen molar-refractivity contribution in [2.24, 2.45) is 0 Å². The lowest BCUT2D eigenvalue weighted by atomic mass is 9.96. The van der Waals surface area contributed by atoms with E-state index in [0.717, 1.165) is 64.2 Å². The highest BCUT2D eigenvalue weighted by Gasteiger charge is 2.22. The Bertz CT molecular complexity index is 607. The molecule has 2 heterocycles. The van der Waals surface area contributed by atoms with Crippen LogP contribution in [-0.2, 0) is 19.2 Å². The first-order valence-electron chi connectivity index (χ1n) is 15.2. The fraction of sp³-hybridized carbons (Fsp3) is 0.867. The molecule has 0 aliphatic carbocycles. The third-order valence-corrected chi connectivity index (χ3v) is 7.84. The van der Waals surface area contributed by atoms with Gasteiger partial charge in [-0.15, -0.1) is 0 Å². The SMILES string of the molecule is O=C1CCCCCCCCCCC(C(=O)CCCCC(=O)C2CCCCCCCCCCC(=O)N2)N1. The van der Waals surface area contributed by atoms with Crippen LogP contribution in [0.2, 0.25) is 0 Å². The minimum atomic E-state index is -0.386. The molecular formula is C30H52N2O4. The van der Waals surface area contributed by atoms with Gasteiger partial charge >= 0.3 is 0 Å². The third-order valence-electron chi connectivity index (χ3n) is 7.84. The van der Waals surface area contributed by atoms with Gasteiger partial charge in [-0.1, -0.05) is 89.9 Å². The van der Waals surface area contributed by atoms with Crippen molar-refractivity contribution in [1.29, 1.82) is 0 Å². The molecule has 2 fully saturated rings. The Hall–Kier alpha value is -1.72. The fourth-order valence-corrected chi connectivity index (χ4v) is 5.50. The van der Waals surface area contributed by atoms with Gasteiger partial charge in [0.25, 0.3) is 0 Å². The van der Waals surface area contributed by atoms with Crippen LogP contribution in [0, 0.1) is 0 Å². The van der Waals surface area contributed by atoms with E-state index in [-0.39, 0.29) is 35.5 Å². The van der Waals surface area contributed by atoms with Crippen molar-refractivity contribution < 1.29 is 19.2 Å². The molecule has 36 heavy (non-hydrogen) atoms. The summed E-state index contributed by atoms with van der Waals surface area (Å²) < 4.78 is 0. The van der Waals surface area contributed by atoms with E-state index in [1.807, 2.05) is 0 Å². The molecule has 6 heteroatoms. The first kappa shape index (κ1) is 30.5. The molecular weight excluding hydrogens is 452 g/mol. The molecule has 0 spiro atoms. The summed E-state index contributed by atoms with van der Waals surface area (Å²) in [6, 6.07) is -0.771. The van der Waals surface area contributed by atoms with Gasteiger partial charge in [0, 0.05) is 25.7 Å². The van der Waals surface area contributed by atoms with Crippen molar-refractivity contribution in [2.45, 2.75) is 166 Å². The molecule has 0 radical (unpaired) electrons. The van der Waals surface area contributed by atoms with E-state index in [2.05, 4.69) is 10.6 Å². The molecule has 0 bridgehead atoms. The second kappa shape index (κ2) is 19.4. The summed E-state index contributed by atoms with van der Waals surface area (Å²) in [6.07, 6.45) is 22.4. The molecule has 0 aromatic heterocycles. The lowest BCUT2D eigenvalue weighted by Gasteiger charge is -2.19. The van der Waals surface area contributed by atoms with Gasteiger partial charge < -0.3 is 10.6 Å². The van der Waals surface area contributed by atoms with E-state index in [1.54, 1.807) is 0 Å². The van der Waals surface area contributed by atoms with Gasteiger partial charge in [0.2, 0.25) is 11.8 Å². The lowest BCUT2D eigenvalue weighted by molar-refractivity contribution is -0.128. The zero-order chi connectivity index (χ0) is 25.8. The van der Waals surface area contributed by atoms with Crippen LogP contribution in [0.15, 0.2) is 0 Å². The Morgan fingerprint density at radius 3 is 1.17 bits per heavy atom. The van der Waals surface area contributed by atoms with Crippen LogP contribution in [0.4, 0.5) is 0 Å². The minimum Gasteiger partial charge on any atom is -0.346 e. The van der Waals surface area contributed by atoms with Crippen LogP contribution in [0.5, 0.6) is 0 Å². The number of carbonyl (C=O) groups is 4. The average molecular weight is 505 g/mol. The average Bonchev–Trinajstić information content (AvgIpc) is 2.89. The van der Waals surface area contributed by atoms with Crippen molar-refractivity contribution in [3.05, 3.63) is 0 Å². The molecule has 2 rings (SSSR count). The molecule has 2 atom stereocenters. The number of unbranched alkanes of at least 4 members (excludes halogenated alkanes) is 1. The van der Waals surface area contributed by atoms with E-state index in [1.165, 1.54) is 51.4 Å². The van der Waals surface area contributed by atoms with Gasteiger partial charge in [-0.25, -0.2) is 0 Å². The van der Waals surface area contributed by atoms with Gasteiger partial charge in [-0.05, 0) is 38.5 Å². The Kier molecular flexibility index (Phi) is 16.4. The largest absolute Gasteiger partial charge is 0.346 e. The van der Waals surface area contributed by atoms with Crippen LogP contribution in [0.1, 0.15) is 154 Å². The number of rotatable bonds is 7. The highest BCUT2D eigenvalue weighted by Crippen LogP contribution is 2.17. The standard InChI is InChI=1S/C30H52N2O4/c33-27(25-19-13-9-5-1-3-7-11-15-23-29(35)31-25)21-17-18-22-28(34)26-20-14-10-6-2-4-8-12-16-24-30(36)32-26/h25-26H,1-24H2,(H,31,35)(H,32,36).